The number of fused-ring (bicyclic) bond motifs is 2. The molecule has 0 unspecified atom stereocenters. The zero-order valence-electron chi connectivity index (χ0n) is 14.4. The van der Waals surface area contributed by atoms with Gasteiger partial charge in [-0.1, -0.05) is 19.8 Å². The van der Waals surface area contributed by atoms with Gasteiger partial charge in [-0.15, -0.1) is 0 Å². The first-order valence-corrected chi connectivity index (χ1v) is 9.22. The molecule has 0 heterocycles. The molecule has 2 aliphatic carbocycles. The molecule has 0 aliphatic heterocycles. The number of nitrogens with one attached hydrogen (secondary N) is 1. The lowest BCUT2D eigenvalue weighted by Crippen LogP contribution is -2.20. The van der Waals surface area contributed by atoms with E-state index in [9.17, 15) is 9.59 Å². The Morgan fingerprint density at radius 3 is 2.58 bits per heavy atom. The van der Waals surface area contributed by atoms with Gasteiger partial charge in [-0.3, -0.25) is 4.79 Å². The second-order valence-corrected chi connectivity index (χ2v) is 7.25. The van der Waals surface area contributed by atoms with Crippen LogP contribution in [0.4, 0.5) is 5.69 Å². The van der Waals surface area contributed by atoms with Gasteiger partial charge in [0.15, 0.2) is 0 Å². The maximum absolute atomic E-state index is 12.2. The fourth-order valence-corrected chi connectivity index (χ4v) is 4.16. The maximum atomic E-state index is 12.2. The number of benzene rings is 1. The summed E-state index contributed by atoms with van der Waals surface area (Å²) in [6.45, 7) is 2.51. The summed E-state index contributed by atoms with van der Waals surface area (Å²) in [5.41, 5.74) is 1.27. The number of amides is 1. The molecule has 4 heteroatoms. The smallest absolute Gasteiger partial charge is 0.338 e. The minimum Gasteiger partial charge on any atom is -0.462 e. The van der Waals surface area contributed by atoms with E-state index < -0.39 is 0 Å². The van der Waals surface area contributed by atoms with Crippen LogP contribution in [0.3, 0.4) is 0 Å². The van der Waals surface area contributed by atoms with Gasteiger partial charge in [-0.25, -0.2) is 4.79 Å². The predicted octanol–water partition coefficient (Wildman–Crippen LogP) is 4.41. The third-order valence-corrected chi connectivity index (χ3v) is 5.47. The molecule has 1 aromatic carbocycles. The van der Waals surface area contributed by atoms with Gasteiger partial charge in [0.2, 0.25) is 5.91 Å². The molecule has 3 rings (SSSR count). The molecule has 2 aliphatic rings. The summed E-state index contributed by atoms with van der Waals surface area (Å²) >= 11 is 0. The van der Waals surface area contributed by atoms with E-state index in [1.54, 1.807) is 24.3 Å². The van der Waals surface area contributed by atoms with Gasteiger partial charge < -0.3 is 10.1 Å². The Balaban J connectivity index is 1.47. The second kappa shape index (κ2) is 7.82. The monoisotopic (exact) mass is 329 g/mol. The van der Waals surface area contributed by atoms with Crippen LogP contribution >= 0.6 is 0 Å². The Kier molecular flexibility index (Phi) is 5.54. The topological polar surface area (TPSA) is 55.4 Å². The van der Waals surface area contributed by atoms with Crippen LogP contribution in [0.15, 0.2) is 24.3 Å². The molecule has 2 fully saturated rings. The van der Waals surface area contributed by atoms with Gasteiger partial charge in [-0.05, 0) is 67.7 Å². The maximum Gasteiger partial charge on any atom is 0.338 e. The van der Waals surface area contributed by atoms with Crippen molar-refractivity contribution in [3.05, 3.63) is 29.8 Å². The Hall–Kier alpha value is -1.84. The number of carbonyl (C=O) groups excluding carboxylic acids is 2. The third-order valence-electron chi connectivity index (χ3n) is 5.47. The van der Waals surface area contributed by atoms with Crippen molar-refractivity contribution in [2.24, 2.45) is 17.8 Å². The van der Waals surface area contributed by atoms with E-state index in [0.717, 1.165) is 30.4 Å². The van der Waals surface area contributed by atoms with Crippen molar-refractivity contribution in [3.8, 4) is 0 Å². The van der Waals surface area contributed by atoms with Gasteiger partial charge >= 0.3 is 5.97 Å². The van der Waals surface area contributed by atoms with Gasteiger partial charge in [0.1, 0.15) is 0 Å². The molecular weight excluding hydrogens is 302 g/mol. The fraction of sp³-hybridized carbons (Fsp3) is 0.600. The summed E-state index contributed by atoms with van der Waals surface area (Å²) in [4.78, 5) is 24.1. The Labute approximate surface area is 144 Å². The second-order valence-electron chi connectivity index (χ2n) is 7.25. The molecule has 2 saturated carbocycles. The molecule has 1 aromatic rings. The largest absolute Gasteiger partial charge is 0.462 e. The molecule has 0 spiro atoms. The van der Waals surface area contributed by atoms with Crippen LogP contribution in [0.25, 0.3) is 0 Å². The first-order valence-electron chi connectivity index (χ1n) is 9.22. The zero-order valence-corrected chi connectivity index (χ0v) is 14.4. The van der Waals surface area contributed by atoms with Gasteiger partial charge in [0, 0.05) is 12.1 Å². The lowest BCUT2D eigenvalue weighted by atomic mass is 9.86. The van der Waals surface area contributed by atoms with E-state index >= 15 is 0 Å². The Morgan fingerprint density at radius 1 is 1.17 bits per heavy atom. The van der Waals surface area contributed by atoms with E-state index in [-0.39, 0.29) is 11.9 Å². The number of hydrogen-bond donors (Lipinski definition) is 1. The van der Waals surface area contributed by atoms with Gasteiger partial charge in [0.05, 0.1) is 12.2 Å². The fourth-order valence-electron chi connectivity index (χ4n) is 4.16. The SMILES string of the molecule is CCCCOC(=O)c1ccc(NC(=O)C[C@H]2C[C@H]3CC[C@@H]2C3)cc1. The van der Waals surface area contributed by atoms with Crippen LogP contribution in [0.5, 0.6) is 0 Å². The van der Waals surface area contributed by atoms with E-state index in [2.05, 4.69) is 12.2 Å². The number of ether oxygens (including phenoxy) is 1. The van der Waals surface area contributed by atoms with Crippen molar-refractivity contribution >= 4 is 17.6 Å². The van der Waals surface area contributed by atoms with E-state index in [4.69, 9.17) is 4.74 Å². The molecule has 3 atom stereocenters. The predicted molar refractivity (Wildman–Crippen MR) is 93.8 cm³/mol. The summed E-state index contributed by atoms with van der Waals surface area (Å²) in [6.07, 6.45) is 7.72. The molecule has 0 radical (unpaired) electrons. The summed E-state index contributed by atoms with van der Waals surface area (Å²) < 4.78 is 5.18. The summed E-state index contributed by atoms with van der Waals surface area (Å²) in [5.74, 6) is 1.98. The molecule has 0 aromatic heterocycles. The standard InChI is InChI=1S/C20H27NO3/c1-2-3-10-24-20(23)15-6-8-18(9-7-15)21-19(22)13-17-12-14-4-5-16(17)11-14/h6-9,14,16-17H,2-5,10-13H2,1H3,(H,21,22)/t14-,16+,17+/m0/s1. The van der Waals surface area contributed by atoms with Crippen molar-refractivity contribution in [1.29, 1.82) is 0 Å². The molecule has 0 saturated heterocycles. The number of anilines is 1. The van der Waals surface area contributed by atoms with Crippen LogP contribution in [0.2, 0.25) is 0 Å². The highest BCUT2D eigenvalue weighted by molar-refractivity contribution is 5.93. The van der Waals surface area contributed by atoms with E-state index in [1.807, 2.05) is 0 Å². The van der Waals surface area contributed by atoms with Gasteiger partial charge in [0.25, 0.3) is 0 Å². The molecule has 130 valence electrons. The van der Waals surface area contributed by atoms with Crippen molar-refractivity contribution in [3.63, 3.8) is 0 Å². The average molecular weight is 329 g/mol. The lowest BCUT2D eigenvalue weighted by molar-refractivity contribution is -0.117. The highest BCUT2D eigenvalue weighted by Gasteiger charge is 2.40. The Morgan fingerprint density at radius 2 is 1.96 bits per heavy atom. The first-order chi connectivity index (χ1) is 11.7. The molecule has 24 heavy (non-hydrogen) atoms. The van der Waals surface area contributed by atoms with Crippen molar-refractivity contribution in [2.45, 2.75) is 51.9 Å². The van der Waals surface area contributed by atoms with E-state index in [0.29, 0.717) is 24.5 Å². The third kappa shape index (κ3) is 4.16. The van der Waals surface area contributed by atoms with Crippen molar-refractivity contribution < 1.29 is 14.3 Å². The van der Waals surface area contributed by atoms with Crippen molar-refractivity contribution in [1.82, 2.24) is 0 Å². The van der Waals surface area contributed by atoms with Crippen molar-refractivity contribution in [2.75, 3.05) is 11.9 Å². The molecular formula is C20H27NO3. The summed E-state index contributed by atoms with van der Waals surface area (Å²) in [7, 11) is 0. The number of esters is 1. The molecule has 1 N–H and O–H groups in total. The van der Waals surface area contributed by atoms with Crippen LogP contribution < -0.4 is 5.32 Å². The molecule has 2 bridgehead atoms. The quantitative estimate of drug-likeness (QED) is 0.595. The Bertz CT molecular complexity index is 581. The first kappa shape index (κ1) is 17.0. The summed E-state index contributed by atoms with van der Waals surface area (Å²) in [5, 5.41) is 2.96. The highest BCUT2D eigenvalue weighted by atomic mass is 16.5. The average Bonchev–Trinajstić information content (AvgIpc) is 3.18. The van der Waals surface area contributed by atoms with Crippen LogP contribution in [0.1, 0.15) is 62.2 Å². The van der Waals surface area contributed by atoms with Crippen LogP contribution in [-0.2, 0) is 9.53 Å². The minimum absolute atomic E-state index is 0.0887. The normalized spacial score (nSPS) is 24.8. The summed E-state index contributed by atoms with van der Waals surface area (Å²) in [6, 6.07) is 6.97. The number of hydrogen-bond acceptors (Lipinski definition) is 3. The number of unbranched alkanes of at least 4 members (excludes halogenated alkanes) is 1. The van der Waals surface area contributed by atoms with E-state index in [1.165, 1.54) is 25.7 Å². The minimum atomic E-state index is -0.302. The molecule has 1 amide bonds. The number of carbonyl (C=O) groups is 2. The lowest BCUT2D eigenvalue weighted by Gasteiger charge is -2.20. The highest BCUT2D eigenvalue weighted by Crippen LogP contribution is 2.49. The molecule has 4 nitrogen and oxygen atoms in total. The number of rotatable bonds is 7. The van der Waals surface area contributed by atoms with Gasteiger partial charge in [-0.2, -0.15) is 0 Å². The van der Waals surface area contributed by atoms with Crippen LogP contribution in [-0.4, -0.2) is 18.5 Å². The van der Waals surface area contributed by atoms with Crippen LogP contribution in [0, 0.1) is 17.8 Å². The zero-order chi connectivity index (χ0) is 16.9.